The molecule has 0 saturated carbocycles. The van der Waals surface area contributed by atoms with E-state index in [1.165, 1.54) is 26.1 Å². The lowest BCUT2D eigenvalue weighted by molar-refractivity contribution is 0.174. The molecule has 82 valence electrons. The summed E-state index contributed by atoms with van der Waals surface area (Å²) < 4.78 is 0. The largest absolute Gasteiger partial charge is 0.299 e. The lowest BCUT2D eigenvalue weighted by Gasteiger charge is -2.29. The van der Waals surface area contributed by atoms with E-state index in [-0.39, 0.29) is 0 Å². The Bertz CT molecular complexity index is 200. The van der Waals surface area contributed by atoms with Crippen molar-refractivity contribution in [1.29, 1.82) is 0 Å². The summed E-state index contributed by atoms with van der Waals surface area (Å²) in [7, 11) is 0. The van der Waals surface area contributed by atoms with Crippen LogP contribution in [0.25, 0.3) is 0 Å². The molecule has 2 rings (SSSR count). The molecular weight excluding hydrogens is 172 g/mol. The van der Waals surface area contributed by atoms with Crippen molar-refractivity contribution in [2.45, 2.75) is 52.2 Å². The molecule has 0 aliphatic carbocycles. The van der Waals surface area contributed by atoms with Gasteiger partial charge in [0.15, 0.2) is 0 Å². The van der Waals surface area contributed by atoms with Gasteiger partial charge in [0.1, 0.15) is 0 Å². The summed E-state index contributed by atoms with van der Waals surface area (Å²) in [4.78, 5) is 5.34. The van der Waals surface area contributed by atoms with Gasteiger partial charge >= 0.3 is 0 Å². The van der Waals surface area contributed by atoms with Crippen LogP contribution < -0.4 is 0 Å². The Balaban J connectivity index is 2.00. The molecule has 0 spiro atoms. The summed E-state index contributed by atoms with van der Waals surface area (Å²) in [5.74, 6) is 0.958. The second-order valence-corrected chi connectivity index (χ2v) is 5.50. The van der Waals surface area contributed by atoms with Gasteiger partial charge in [-0.15, -0.1) is 0 Å². The summed E-state index contributed by atoms with van der Waals surface area (Å²) in [5, 5.41) is 0. The normalized spacial score (nSPS) is 34.7. The zero-order chi connectivity index (χ0) is 10.3. The summed E-state index contributed by atoms with van der Waals surface area (Å²) in [6, 6.07) is 2.32. The van der Waals surface area contributed by atoms with Crippen LogP contribution in [0.2, 0.25) is 0 Å². The topological polar surface area (TPSA) is 6.48 Å². The molecule has 2 saturated heterocycles. The Morgan fingerprint density at radius 1 is 1.00 bits per heavy atom. The molecule has 0 radical (unpaired) electrons. The number of likely N-dealkylation sites (tertiary alicyclic amines) is 2. The highest BCUT2D eigenvalue weighted by molar-refractivity contribution is 4.97. The molecule has 0 aromatic carbocycles. The van der Waals surface area contributed by atoms with E-state index in [0.717, 1.165) is 24.0 Å². The maximum Gasteiger partial charge on any atom is 0.0266 e. The van der Waals surface area contributed by atoms with Crippen LogP contribution in [0.3, 0.4) is 0 Å². The molecule has 2 nitrogen and oxygen atoms in total. The van der Waals surface area contributed by atoms with Crippen molar-refractivity contribution in [1.82, 2.24) is 9.80 Å². The van der Waals surface area contributed by atoms with Gasteiger partial charge in [-0.3, -0.25) is 9.80 Å². The molecule has 0 bridgehead atoms. The molecule has 2 heteroatoms. The average molecular weight is 196 g/mol. The summed E-state index contributed by atoms with van der Waals surface area (Å²) in [6.07, 6.45) is 1.42. The van der Waals surface area contributed by atoms with Gasteiger partial charge in [-0.05, 0) is 46.6 Å². The first-order valence-corrected chi connectivity index (χ1v) is 6.09. The molecule has 2 unspecified atom stereocenters. The predicted octanol–water partition coefficient (Wildman–Crippen LogP) is 1.81. The molecule has 2 aliphatic heterocycles. The Kier molecular flexibility index (Phi) is 2.85. The van der Waals surface area contributed by atoms with E-state index in [0.29, 0.717) is 0 Å². The quantitative estimate of drug-likeness (QED) is 0.664. The first-order valence-electron chi connectivity index (χ1n) is 6.09. The Hall–Kier alpha value is -0.0800. The van der Waals surface area contributed by atoms with E-state index >= 15 is 0 Å². The van der Waals surface area contributed by atoms with Crippen molar-refractivity contribution in [2.24, 2.45) is 5.92 Å². The minimum Gasteiger partial charge on any atom is -0.299 e. The number of hydrogen-bond donors (Lipinski definition) is 0. The van der Waals surface area contributed by atoms with Gasteiger partial charge in [-0.2, -0.15) is 0 Å². The van der Waals surface area contributed by atoms with Gasteiger partial charge in [-0.1, -0.05) is 0 Å². The summed E-state index contributed by atoms with van der Waals surface area (Å²) in [5.41, 5.74) is 0. The second-order valence-electron chi connectivity index (χ2n) is 5.50. The molecule has 0 amide bonds. The first kappa shape index (κ1) is 10.4. The smallest absolute Gasteiger partial charge is 0.0266 e. The van der Waals surface area contributed by atoms with E-state index < -0.39 is 0 Å². The molecule has 0 aromatic heterocycles. The average Bonchev–Trinajstić information content (AvgIpc) is 2.58. The minimum atomic E-state index is 0.731. The van der Waals surface area contributed by atoms with E-state index in [9.17, 15) is 0 Å². The highest BCUT2D eigenvalue weighted by Crippen LogP contribution is 2.33. The molecule has 14 heavy (non-hydrogen) atoms. The lowest BCUT2D eigenvalue weighted by atomic mass is 10.0. The number of hydrogen-bond acceptors (Lipinski definition) is 2. The third kappa shape index (κ3) is 1.70. The molecule has 2 aliphatic rings. The molecule has 2 heterocycles. The van der Waals surface area contributed by atoms with Crippen LogP contribution in [-0.2, 0) is 0 Å². The van der Waals surface area contributed by atoms with E-state index in [1.54, 1.807) is 0 Å². The van der Waals surface area contributed by atoms with E-state index in [2.05, 4.69) is 37.5 Å². The van der Waals surface area contributed by atoms with Gasteiger partial charge in [0.05, 0.1) is 0 Å². The van der Waals surface area contributed by atoms with Crippen molar-refractivity contribution in [2.75, 3.05) is 19.6 Å². The fourth-order valence-corrected chi connectivity index (χ4v) is 3.09. The van der Waals surface area contributed by atoms with Crippen LogP contribution in [0.15, 0.2) is 0 Å². The maximum atomic E-state index is 2.70. The van der Waals surface area contributed by atoms with Crippen molar-refractivity contribution in [3.63, 3.8) is 0 Å². The Morgan fingerprint density at radius 2 is 1.71 bits per heavy atom. The fraction of sp³-hybridized carbons (Fsp3) is 1.00. The van der Waals surface area contributed by atoms with Crippen LogP contribution in [0.5, 0.6) is 0 Å². The minimum absolute atomic E-state index is 0.731. The zero-order valence-electron chi connectivity index (χ0n) is 10.0. The van der Waals surface area contributed by atoms with Crippen LogP contribution in [0.1, 0.15) is 34.1 Å². The molecule has 0 N–H and O–H groups in total. The van der Waals surface area contributed by atoms with Gasteiger partial charge in [0, 0.05) is 31.2 Å². The number of rotatable bonds is 2. The molecular formula is C12H24N2. The summed E-state index contributed by atoms with van der Waals surface area (Å²) in [6.45, 7) is 13.3. The number of fused-ring (bicyclic) bond motifs is 1. The van der Waals surface area contributed by atoms with Crippen LogP contribution in [0, 0.1) is 5.92 Å². The third-order valence-corrected chi connectivity index (χ3v) is 4.01. The Morgan fingerprint density at radius 3 is 2.29 bits per heavy atom. The third-order valence-electron chi connectivity index (χ3n) is 4.01. The van der Waals surface area contributed by atoms with Crippen molar-refractivity contribution >= 4 is 0 Å². The van der Waals surface area contributed by atoms with Crippen LogP contribution in [0.4, 0.5) is 0 Å². The predicted molar refractivity (Wildman–Crippen MR) is 60.4 cm³/mol. The lowest BCUT2D eigenvalue weighted by Crippen LogP contribution is -2.40. The van der Waals surface area contributed by atoms with Gasteiger partial charge < -0.3 is 0 Å². The first-order chi connectivity index (χ1) is 6.59. The van der Waals surface area contributed by atoms with E-state index in [4.69, 9.17) is 0 Å². The highest BCUT2D eigenvalue weighted by Gasteiger charge is 2.42. The van der Waals surface area contributed by atoms with Gasteiger partial charge in [0.25, 0.3) is 0 Å². The monoisotopic (exact) mass is 196 g/mol. The van der Waals surface area contributed by atoms with Crippen LogP contribution >= 0.6 is 0 Å². The summed E-state index contributed by atoms with van der Waals surface area (Å²) >= 11 is 0. The molecule has 2 atom stereocenters. The molecule has 0 aromatic rings. The highest BCUT2D eigenvalue weighted by atomic mass is 15.3. The van der Waals surface area contributed by atoms with Crippen LogP contribution in [-0.4, -0.2) is 47.6 Å². The van der Waals surface area contributed by atoms with Crippen molar-refractivity contribution in [3.8, 4) is 0 Å². The van der Waals surface area contributed by atoms with Crippen molar-refractivity contribution < 1.29 is 0 Å². The number of nitrogens with zero attached hydrogens (tertiary/aromatic N) is 2. The SMILES string of the molecule is CC(C)N1CC2CCN(C(C)C)C2C1. The second kappa shape index (κ2) is 3.82. The fourth-order valence-electron chi connectivity index (χ4n) is 3.09. The van der Waals surface area contributed by atoms with Gasteiger partial charge in [-0.25, -0.2) is 0 Å². The maximum absolute atomic E-state index is 2.70. The van der Waals surface area contributed by atoms with E-state index in [1.807, 2.05) is 0 Å². The Labute approximate surface area is 88.3 Å². The van der Waals surface area contributed by atoms with Gasteiger partial charge in [0.2, 0.25) is 0 Å². The molecule has 2 fully saturated rings. The standard InChI is InChI=1S/C12H24N2/c1-9(2)13-7-11-5-6-14(10(3)4)12(11)8-13/h9-12H,5-8H2,1-4H3. The zero-order valence-corrected chi connectivity index (χ0v) is 10.0. The van der Waals surface area contributed by atoms with Crippen molar-refractivity contribution in [3.05, 3.63) is 0 Å².